The van der Waals surface area contributed by atoms with Crippen molar-refractivity contribution in [2.45, 2.75) is 6.92 Å². The average Bonchev–Trinajstić information content (AvgIpc) is 2.82. The summed E-state index contributed by atoms with van der Waals surface area (Å²) in [4.78, 5) is 4.33. The molecule has 0 saturated heterocycles. The molecule has 2 aromatic carbocycles. The first-order valence-electron chi connectivity index (χ1n) is 6.09. The van der Waals surface area contributed by atoms with Gasteiger partial charge in [0.2, 0.25) is 0 Å². The molecule has 3 N–H and O–H groups in total. The molecule has 5 heteroatoms. The molecule has 98 valence electrons. The number of nitrogen functional groups attached to an aromatic ring is 1. The maximum Gasteiger partial charge on any atom is 0.300 e. The van der Waals surface area contributed by atoms with Crippen LogP contribution < -0.4 is 11.1 Å². The largest absolute Gasteiger partial charge is 0.423 e. The monoisotopic (exact) mass is 264 g/mol. The number of oxazole rings is 1. The van der Waals surface area contributed by atoms with Gasteiger partial charge < -0.3 is 15.5 Å². The third kappa shape index (κ3) is 2.15. The van der Waals surface area contributed by atoms with Gasteiger partial charge in [-0.1, -0.05) is 6.07 Å². The molecule has 0 radical (unpaired) electrons. The molecule has 3 rings (SSSR count). The quantitative estimate of drug-likeness (QED) is 0.693. The van der Waals surface area contributed by atoms with Crippen molar-refractivity contribution in [3.8, 4) is 6.07 Å². The van der Waals surface area contributed by atoms with E-state index in [-0.39, 0.29) is 0 Å². The number of nitriles is 1. The van der Waals surface area contributed by atoms with Crippen LogP contribution in [0.25, 0.3) is 11.1 Å². The van der Waals surface area contributed by atoms with E-state index < -0.39 is 0 Å². The fourth-order valence-electron chi connectivity index (χ4n) is 1.94. The molecule has 0 aliphatic rings. The normalized spacial score (nSPS) is 10.4. The van der Waals surface area contributed by atoms with Gasteiger partial charge in [0, 0.05) is 17.4 Å². The molecule has 0 atom stereocenters. The lowest BCUT2D eigenvalue weighted by molar-refractivity contribution is 0.623. The highest BCUT2D eigenvalue weighted by molar-refractivity contribution is 5.79. The molecular formula is C15H12N4O. The van der Waals surface area contributed by atoms with Crippen LogP contribution in [0.3, 0.4) is 0 Å². The van der Waals surface area contributed by atoms with Gasteiger partial charge in [-0.3, -0.25) is 0 Å². The van der Waals surface area contributed by atoms with Gasteiger partial charge >= 0.3 is 0 Å². The Hall–Kier alpha value is -3.00. The average molecular weight is 264 g/mol. The lowest BCUT2D eigenvalue weighted by Gasteiger charge is -2.05. The molecule has 0 aliphatic carbocycles. The zero-order valence-corrected chi connectivity index (χ0v) is 10.8. The lowest BCUT2D eigenvalue weighted by Crippen LogP contribution is -1.93. The molecule has 0 aliphatic heterocycles. The van der Waals surface area contributed by atoms with Gasteiger partial charge in [-0.25, -0.2) is 0 Å². The number of rotatable bonds is 2. The minimum absolute atomic E-state index is 0.379. The van der Waals surface area contributed by atoms with Crippen LogP contribution >= 0.6 is 0 Å². The first-order valence-corrected chi connectivity index (χ1v) is 6.09. The molecule has 20 heavy (non-hydrogen) atoms. The Labute approximate surface area is 115 Å². The Balaban J connectivity index is 1.99. The van der Waals surface area contributed by atoms with E-state index in [0.717, 1.165) is 16.8 Å². The van der Waals surface area contributed by atoms with Crippen LogP contribution in [0.2, 0.25) is 0 Å². The summed E-state index contributed by atoms with van der Waals surface area (Å²) in [6.45, 7) is 1.95. The Morgan fingerprint density at radius 2 is 2.10 bits per heavy atom. The van der Waals surface area contributed by atoms with Crippen molar-refractivity contribution in [1.29, 1.82) is 5.26 Å². The molecule has 5 nitrogen and oxygen atoms in total. The van der Waals surface area contributed by atoms with Crippen molar-refractivity contribution in [3.63, 3.8) is 0 Å². The van der Waals surface area contributed by atoms with Crippen molar-refractivity contribution in [3.05, 3.63) is 47.5 Å². The van der Waals surface area contributed by atoms with Crippen LogP contribution in [-0.2, 0) is 0 Å². The molecule has 0 unspecified atom stereocenters. The van der Waals surface area contributed by atoms with Crippen LogP contribution in [0.1, 0.15) is 11.1 Å². The summed E-state index contributed by atoms with van der Waals surface area (Å²) in [5, 5.41) is 12.0. The summed E-state index contributed by atoms with van der Waals surface area (Å²) < 4.78 is 5.60. The van der Waals surface area contributed by atoms with E-state index in [9.17, 15) is 0 Å². The lowest BCUT2D eigenvalue weighted by atomic mass is 10.1. The Kier molecular flexibility index (Phi) is 2.77. The van der Waals surface area contributed by atoms with E-state index in [4.69, 9.17) is 15.4 Å². The van der Waals surface area contributed by atoms with E-state index in [2.05, 4.69) is 16.4 Å². The van der Waals surface area contributed by atoms with E-state index in [1.165, 1.54) is 0 Å². The molecule has 3 aromatic rings. The first kappa shape index (κ1) is 12.1. The molecule has 0 saturated carbocycles. The minimum Gasteiger partial charge on any atom is -0.423 e. The predicted molar refractivity (Wildman–Crippen MR) is 77.6 cm³/mol. The van der Waals surface area contributed by atoms with Gasteiger partial charge in [-0.2, -0.15) is 10.2 Å². The van der Waals surface area contributed by atoms with Crippen LogP contribution in [0.4, 0.5) is 17.4 Å². The van der Waals surface area contributed by atoms with Crippen LogP contribution in [0.5, 0.6) is 0 Å². The molecular weight excluding hydrogens is 252 g/mol. The summed E-state index contributed by atoms with van der Waals surface area (Å²) >= 11 is 0. The number of nitrogens with zero attached hydrogens (tertiary/aromatic N) is 2. The van der Waals surface area contributed by atoms with Gasteiger partial charge in [-0.05, 0) is 36.8 Å². The molecule has 1 heterocycles. The predicted octanol–water partition coefficient (Wildman–Crippen LogP) is 3.33. The Morgan fingerprint density at radius 3 is 2.90 bits per heavy atom. The van der Waals surface area contributed by atoms with E-state index >= 15 is 0 Å². The van der Waals surface area contributed by atoms with E-state index in [0.29, 0.717) is 22.8 Å². The Bertz CT molecular complexity index is 829. The molecule has 0 fully saturated rings. The smallest absolute Gasteiger partial charge is 0.300 e. The second-order valence-electron chi connectivity index (χ2n) is 4.51. The van der Waals surface area contributed by atoms with Crippen LogP contribution in [0.15, 0.2) is 40.8 Å². The van der Waals surface area contributed by atoms with Gasteiger partial charge in [0.05, 0.1) is 11.6 Å². The summed E-state index contributed by atoms with van der Waals surface area (Å²) in [6.07, 6.45) is 0. The third-order valence-corrected chi connectivity index (χ3v) is 3.02. The van der Waals surface area contributed by atoms with Crippen LogP contribution in [-0.4, -0.2) is 4.98 Å². The van der Waals surface area contributed by atoms with Crippen LogP contribution in [0, 0.1) is 18.3 Å². The van der Waals surface area contributed by atoms with E-state index in [1.807, 2.05) is 13.0 Å². The number of aryl methyl sites for hydroxylation is 1. The maximum absolute atomic E-state index is 8.93. The molecule has 0 amide bonds. The highest BCUT2D eigenvalue weighted by Crippen LogP contribution is 2.25. The Morgan fingerprint density at radius 1 is 1.25 bits per heavy atom. The molecule has 1 aromatic heterocycles. The molecule has 0 spiro atoms. The SMILES string of the molecule is Cc1ccc(C#N)cc1Nc1nc2ccc(N)cc2o1. The zero-order valence-electron chi connectivity index (χ0n) is 10.8. The fraction of sp³-hybridized carbons (Fsp3) is 0.0667. The highest BCUT2D eigenvalue weighted by Gasteiger charge is 2.08. The summed E-state index contributed by atoms with van der Waals surface area (Å²) in [5.74, 6) is 0. The fourth-order valence-corrected chi connectivity index (χ4v) is 1.94. The molecule has 0 bridgehead atoms. The highest BCUT2D eigenvalue weighted by atomic mass is 16.4. The second kappa shape index (κ2) is 4.59. The van der Waals surface area contributed by atoms with Crippen molar-refractivity contribution >= 4 is 28.5 Å². The third-order valence-electron chi connectivity index (χ3n) is 3.02. The number of hydrogen-bond donors (Lipinski definition) is 2. The number of benzene rings is 2. The number of aromatic nitrogens is 1. The first-order chi connectivity index (χ1) is 9.65. The standard InChI is InChI=1S/C15H12N4O/c1-9-2-3-10(8-16)6-13(9)19-15-18-12-5-4-11(17)7-14(12)20-15/h2-7H,17H2,1H3,(H,18,19). The number of nitrogens with two attached hydrogens (primary N) is 1. The number of anilines is 3. The van der Waals surface area contributed by atoms with E-state index in [1.54, 1.807) is 30.3 Å². The zero-order chi connectivity index (χ0) is 14.1. The van der Waals surface area contributed by atoms with Gasteiger partial charge in [0.25, 0.3) is 6.01 Å². The van der Waals surface area contributed by atoms with Crippen molar-refractivity contribution in [1.82, 2.24) is 4.98 Å². The summed E-state index contributed by atoms with van der Waals surface area (Å²) in [7, 11) is 0. The summed E-state index contributed by atoms with van der Waals surface area (Å²) in [6, 6.07) is 13.2. The number of fused-ring (bicyclic) bond motifs is 1. The topological polar surface area (TPSA) is 87.9 Å². The second-order valence-corrected chi connectivity index (χ2v) is 4.51. The summed E-state index contributed by atoms with van der Waals surface area (Å²) in [5.41, 5.74) is 10.1. The maximum atomic E-state index is 8.93. The van der Waals surface area contributed by atoms with Gasteiger partial charge in [0.1, 0.15) is 5.52 Å². The van der Waals surface area contributed by atoms with Crippen molar-refractivity contribution in [2.24, 2.45) is 0 Å². The number of nitrogens with one attached hydrogen (secondary N) is 1. The minimum atomic E-state index is 0.379. The van der Waals surface area contributed by atoms with Gasteiger partial charge in [-0.15, -0.1) is 0 Å². The van der Waals surface area contributed by atoms with Gasteiger partial charge in [0.15, 0.2) is 5.58 Å². The van der Waals surface area contributed by atoms with Crippen molar-refractivity contribution in [2.75, 3.05) is 11.1 Å². The number of hydrogen-bond acceptors (Lipinski definition) is 5. The van der Waals surface area contributed by atoms with Crippen molar-refractivity contribution < 1.29 is 4.42 Å².